The molecule has 0 bridgehead atoms. The highest BCUT2D eigenvalue weighted by molar-refractivity contribution is 6.06. The van der Waals surface area contributed by atoms with E-state index in [1.165, 1.54) is 6.20 Å². The number of rotatable bonds is 4. The largest absolute Gasteiger partial charge is 0.388 e. The van der Waals surface area contributed by atoms with Gasteiger partial charge in [0, 0.05) is 23.4 Å². The molecule has 0 radical (unpaired) electrons. The Hall–Kier alpha value is -3.40. The lowest BCUT2D eigenvalue weighted by Crippen LogP contribution is -2.51. The molecule has 5 rings (SSSR count). The minimum Gasteiger partial charge on any atom is -0.388 e. The average Bonchev–Trinajstić information content (AvgIpc) is 3.58. The topological polar surface area (TPSA) is 149 Å². The first-order valence-corrected chi connectivity index (χ1v) is 10.5. The Balaban J connectivity index is 1.42. The van der Waals surface area contributed by atoms with E-state index in [0.717, 1.165) is 24.0 Å². The summed E-state index contributed by atoms with van der Waals surface area (Å²) in [4.78, 5) is 25.8. The summed E-state index contributed by atoms with van der Waals surface area (Å²) in [5.41, 5.74) is 14.2. The Kier molecular flexibility index (Phi) is 5.09. The number of hydrogen-bond acceptors (Lipinski definition) is 8. The molecular formula is C23H24N6O3. The second-order valence-electron chi connectivity index (χ2n) is 8.29. The molecule has 9 nitrogen and oxygen atoms in total. The Morgan fingerprint density at radius 2 is 1.97 bits per heavy atom. The van der Waals surface area contributed by atoms with E-state index in [1.54, 1.807) is 18.5 Å². The number of aromatic nitrogens is 3. The third-order valence-electron chi connectivity index (χ3n) is 6.09. The standard InChI is InChI=1S/C23H24N6O3/c24-15-10-18(32-23(7-8-23)20(15)30)14-6-9-26-11-17(14)29-22(31)19-21(25)27-12-16(28-19)13-4-2-1-3-5-13/h1-6,9,11-12,15,18,20,30H,7-8,10,24H2,(H2,25,27)(H,29,31)/t15-,18+,20-/m1/s1. The summed E-state index contributed by atoms with van der Waals surface area (Å²) in [5.74, 6) is -0.466. The third-order valence-corrected chi connectivity index (χ3v) is 6.09. The molecular weight excluding hydrogens is 408 g/mol. The van der Waals surface area contributed by atoms with Gasteiger partial charge in [-0.1, -0.05) is 30.3 Å². The number of nitrogens with one attached hydrogen (secondary N) is 1. The van der Waals surface area contributed by atoms with Crippen molar-refractivity contribution in [1.29, 1.82) is 0 Å². The number of aliphatic hydroxyl groups excluding tert-OH is 1. The third kappa shape index (κ3) is 3.70. The number of benzene rings is 1. The van der Waals surface area contributed by atoms with E-state index < -0.39 is 23.7 Å². The number of carbonyl (C=O) groups is 1. The maximum Gasteiger partial charge on any atom is 0.278 e. The second-order valence-corrected chi connectivity index (χ2v) is 8.29. The highest BCUT2D eigenvalue weighted by Crippen LogP contribution is 2.51. The SMILES string of the molecule is Nc1ncc(-c2ccccc2)nc1C(=O)Nc1cnccc1[C@@H]1C[C@@H](N)[C@@H](O)C2(CC2)O1. The Bertz CT molecular complexity index is 1150. The van der Waals surface area contributed by atoms with Crippen molar-refractivity contribution in [3.8, 4) is 11.3 Å². The van der Waals surface area contributed by atoms with Gasteiger partial charge in [-0.05, 0) is 25.3 Å². The Morgan fingerprint density at radius 3 is 2.72 bits per heavy atom. The van der Waals surface area contributed by atoms with E-state index >= 15 is 0 Å². The van der Waals surface area contributed by atoms with Crippen LogP contribution in [0.4, 0.5) is 11.5 Å². The monoisotopic (exact) mass is 432 g/mol. The number of pyridine rings is 1. The van der Waals surface area contributed by atoms with Crippen LogP contribution in [0.15, 0.2) is 55.0 Å². The van der Waals surface area contributed by atoms with E-state index in [1.807, 2.05) is 30.3 Å². The second kappa shape index (κ2) is 7.94. The normalized spacial score (nSPS) is 23.6. The summed E-state index contributed by atoms with van der Waals surface area (Å²) < 4.78 is 6.22. The number of hydrogen-bond donors (Lipinski definition) is 4. The lowest BCUT2D eigenvalue weighted by molar-refractivity contribution is -0.145. The molecule has 2 aromatic heterocycles. The van der Waals surface area contributed by atoms with Crippen molar-refractivity contribution in [1.82, 2.24) is 15.0 Å². The van der Waals surface area contributed by atoms with Crippen LogP contribution in [-0.4, -0.2) is 43.7 Å². The van der Waals surface area contributed by atoms with Crippen molar-refractivity contribution in [3.63, 3.8) is 0 Å². The predicted molar refractivity (Wildman–Crippen MR) is 118 cm³/mol. The van der Waals surface area contributed by atoms with Gasteiger partial charge < -0.3 is 26.6 Å². The number of anilines is 2. The van der Waals surface area contributed by atoms with Gasteiger partial charge in [-0.15, -0.1) is 0 Å². The molecule has 1 saturated carbocycles. The molecule has 6 N–H and O–H groups in total. The molecule has 3 heterocycles. The maximum atomic E-state index is 13.1. The molecule has 2 aliphatic rings. The number of amides is 1. The molecule has 0 unspecified atom stereocenters. The van der Waals surface area contributed by atoms with Crippen molar-refractivity contribution in [2.24, 2.45) is 5.73 Å². The van der Waals surface area contributed by atoms with Gasteiger partial charge >= 0.3 is 0 Å². The molecule has 1 aromatic carbocycles. The summed E-state index contributed by atoms with van der Waals surface area (Å²) in [5, 5.41) is 13.2. The zero-order valence-corrected chi connectivity index (χ0v) is 17.3. The summed E-state index contributed by atoms with van der Waals surface area (Å²) >= 11 is 0. The minimum atomic E-state index is -0.686. The molecule has 2 fully saturated rings. The molecule has 164 valence electrons. The van der Waals surface area contributed by atoms with Gasteiger partial charge in [-0.3, -0.25) is 9.78 Å². The summed E-state index contributed by atoms with van der Waals surface area (Å²) in [6.07, 6.45) is 5.64. The first kappa shape index (κ1) is 20.5. The number of nitrogens with zero attached hydrogens (tertiary/aromatic N) is 3. The fraction of sp³-hybridized carbons (Fsp3) is 0.304. The first-order chi connectivity index (χ1) is 15.5. The Labute approximate surface area is 184 Å². The van der Waals surface area contributed by atoms with Crippen LogP contribution in [-0.2, 0) is 4.74 Å². The molecule has 32 heavy (non-hydrogen) atoms. The molecule has 1 aliphatic carbocycles. The van der Waals surface area contributed by atoms with Crippen LogP contribution >= 0.6 is 0 Å². The molecule has 1 saturated heterocycles. The van der Waals surface area contributed by atoms with Gasteiger partial charge in [0.15, 0.2) is 11.5 Å². The molecule has 1 amide bonds. The highest BCUT2D eigenvalue weighted by atomic mass is 16.5. The van der Waals surface area contributed by atoms with Crippen LogP contribution in [0.3, 0.4) is 0 Å². The van der Waals surface area contributed by atoms with Crippen LogP contribution in [0.1, 0.15) is 41.4 Å². The summed E-state index contributed by atoms with van der Waals surface area (Å²) in [7, 11) is 0. The van der Waals surface area contributed by atoms with Gasteiger partial charge in [-0.25, -0.2) is 9.97 Å². The number of nitrogen functional groups attached to an aromatic ring is 1. The molecule has 1 aliphatic heterocycles. The van der Waals surface area contributed by atoms with Gasteiger partial charge in [0.1, 0.15) is 0 Å². The van der Waals surface area contributed by atoms with Crippen LogP contribution in [0.5, 0.6) is 0 Å². The zero-order valence-electron chi connectivity index (χ0n) is 17.3. The highest BCUT2D eigenvalue weighted by Gasteiger charge is 2.57. The van der Waals surface area contributed by atoms with Crippen LogP contribution in [0, 0.1) is 0 Å². The summed E-state index contributed by atoms with van der Waals surface area (Å²) in [6, 6.07) is 10.8. The fourth-order valence-corrected chi connectivity index (χ4v) is 4.18. The smallest absolute Gasteiger partial charge is 0.278 e. The van der Waals surface area contributed by atoms with Crippen molar-refractivity contribution in [2.75, 3.05) is 11.1 Å². The number of aliphatic hydroxyl groups is 1. The fourth-order valence-electron chi connectivity index (χ4n) is 4.18. The number of ether oxygens (including phenoxy) is 1. The molecule has 9 heteroatoms. The van der Waals surface area contributed by atoms with E-state index in [-0.39, 0.29) is 17.6 Å². The van der Waals surface area contributed by atoms with Crippen molar-refractivity contribution < 1.29 is 14.6 Å². The summed E-state index contributed by atoms with van der Waals surface area (Å²) in [6.45, 7) is 0. The van der Waals surface area contributed by atoms with E-state index in [2.05, 4.69) is 20.3 Å². The Morgan fingerprint density at radius 1 is 1.19 bits per heavy atom. The van der Waals surface area contributed by atoms with Gasteiger partial charge in [0.2, 0.25) is 0 Å². The lowest BCUT2D eigenvalue weighted by Gasteiger charge is -2.39. The van der Waals surface area contributed by atoms with Crippen molar-refractivity contribution in [2.45, 2.75) is 43.1 Å². The number of carbonyl (C=O) groups excluding carboxylic acids is 1. The van der Waals surface area contributed by atoms with Gasteiger partial charge in [0.25, 0.3) is 5.91 Å². The van der Waals surface area contributed by atoms with E-state index in [0.29, 0.717) is 17.8 Å². The van der Waals surface area contributed by atoms with Crippen molar-refractivity contribution >= 4 is 17.4 Å². The number of nitrogens with two attached hydrogens (primary N) is 2. The zero-order chi connectivity index (χ0) is 22.3. The predicted octanol–water partition coefficient (Wildman–Crippen LogP) is 2.06. The average molecular weight is 432 g/mol. The quantitative estimate of drug-likeness (QED) is 0.489. The maximum absolute atomic E-state index is 13.1. The van der Waals surface area contributed by atoms with Crippen LogP contribution in [0.25, 0.3) is 11.3 Å². The van der Waals surface area contributed by atoms with Crippen LogP contribution < -0.4 is 16.8 Å². The lowest BCUT2D eigenvalue weighted by atomic mass is 9.91. The molecule has 3 aromatic rings. The van der Waals surface area contributed by atoms with Crippen molar-refractivity contribution in [3.05, 3.63) is 66.2 Å². The molecule has 1 spiro atoms. The van der Waals surface area contributed by atoms with Crippen LogP contribution in [0.2, 0.25) is 0 Å². The minimum absolute atomic E-state index is 0.0245. The van der Waals surface area contributed by atoms with Gasteiger partial charge in [0.05, 0.1) is 41.6 Å². The first-order valence-electron chi connectivity index (χ1n) is 10.5. The molecule has 3 atom stereocenters. The van der Waals surface area contributed by atoms with E-state index in [4.69, 9.17) is 16.2 Å². The van der Waals surface area contributed by atoms with Gasteiger partial charge in [-0.2, -0.15) is 0 Å². The van der Waals surface area contributed by atoms with E-state index in [9.17, 15) is 9.90 Å².